The summed E-state index contributed by atoms with van der Waals surface area (Å²) in [6, 6.07) is 8.11. The van der Waals surface area contributed by atoms with Crippen LogP contribution in [-0.2, 0) is 4.74 Å². The second-order valence-electron chi connectivity index (χ2n) is 6.72. The number of para-hydroxylation sites is 1. The molecule has 2 aromatic rings. The van der Waals surface area contributed by atoms with Crippen LogP contribution < -0.4 is 5.32 Å². The average Bonchev–Trinajstić information content (AvgIpc) is 2.66. The Bertz CT molecular complexity index is 597. The van der Waals surface area contributed by atoms with Crippen molar-refractivity contribution in [3.05, 3.63) is 30.6 Å². The van der Waals surface area contributed by atoms with Gasteiger partial charge in [-0.25, -0.2) is 9.97 Å². The van der Waals surface area contributed by atoms with Crippen molar-refractivity contribution in [2.45, 2.75) is 58.8 Å². The summed E-state index contributed by atoms with van der Waals surface area (Å²) in [6.45, 7) is 7.29. The van der Waals surface area contributed by atoms with Crippen LogP contribution in [-0.4, -0.2) is 29.7 Å². The topological polar surface area (TPSA) is 47.0 Å². The quantitative estimate of drug-likeness (QED) is 0.492. The molecule has 138 valence electrons. The van der Waals surface area contributed by atoms with Gasteiger partial charge in [0.1, 0.15) is 12.1 Å². The minimum atomic E-state index is 0.743. The summed E-state index contributed by atoms with van der Waals surface area (Å²) in [5, 5.41) is 4.53. The van der Waals surface area contributed by atoms with Gasteiger partial charge in [0, 0.05) is 25.1 Å². The lowest BCUT2D eigenvalue weighted by molar-refractivity contribution is 0.0910. The highest BCUT2D eigenvalue weighted by molar-refractivity contribution is 5.88. The SMILES string of the molecule is CCCCC(CC)COCCCCCNc1ncnc2ccccc12. The van der Waals surface area contributed by atoms with Crippen molar-refractivity contribution in [3.63, 3.8) is 0 Å². The molecule has 1 aromatic carbocycles. The van der Waals surface area contributed by atoms with Gasteiger partial charge >= 0.3 is 0 Å². The molecule has 0 aliphatic carbocycles. The lowest BCUT2D eigenvalue weighted by Crippen LogP contribution is -2.10. The van der Waals surface area contributed by atoms with E-state index in [2.05, 4.69) is 35.2 Å². The van der Waals surface area contributed by atoms with Crippen molar-refractivity contribution >= 4 is 16.7 Å². The number of rotatable bonds is 13. The van der Waals surface area contributed by atoms with Crippen LogP contribution in [0.4, 0.5) is 5.82 Å². The zero-order chi connectivity index (χ0) is 17.7. The third-order valence-corrected chi connectivity index (χ3v) is 4.70. The van der Waals surface area contributed by atoms with Gasteiger partial charge in [0.2, 0.25) is 0 Å². The predicted molar refractivity (Wildman–Crippen MR) is 106 cm³/mol. The summed E-state index contributed by atoms with van der Waals surface area (Å²) in [5.74, 6) is 1.68. The lowest BCUT2D eigenvalue weighted by atomic mass is 10.0. The maximum Gasteiger partial charge on any atom is 0.137 e. The van der Waals surface area contributed by atoms with E-state index in [0.717, 1.165) is 55.2 Å². The third kappa shape index (κ3) is 6.99. The lowest BCUT2D eigenvalue weighted by Gasteiger charge is -2.14. The Hall–Kier alpha value is -1.68. The Morgan fingerprint density at radius 3 is 2.76 bits per heavy atom. The zero-order valence-electron chi connectivity index (χ0n) is 15.8. The summed E-state index contributed by atoms with van der Waals surface area (Å²) in [4.78, 5) is 8.65. The zero-order valence-corrected chi connectivity index (χ0v) is 15.8. The Balaban J connectivity index is 1.56. The maximum absolute atomic E-state index is 5.87. The Kier molecular flexibility index (Phi) is 9.27. The van der Waals surface area contributed by atoms with Gasteiger partial charge in [-0.1, -0.05) is 45.2 Å². The first-order valence-corrected chi connectivity index (χ1v) is 9.86. The van der Waals surface area contributed by atoms with Gasteiger partial charge in [0.25, 0.3) is 0 Å². The van der Waals surface area contributed by atoms with Gasteiger partial charge < -0.3 is 10.1 Å². The molecule has 0 fully saturated rings. The van der Waals surface area contributed by atoms with Crippen molar-refractivity contribution in [2.24, 2.45) is 5.92 Å². The average molecular weight is 344 g/mol. The van der Waals surface area contributed by atoms with E-state index >= 15 is 0 Å². The first kappa shape index (κ1) is 19.6. The van der Waals surface area contributed by atoms with E-state index in [-0.39, 0.29) is 0 Å². The number of nitrogens with zero attached hydrogens (tertiary/aromatic N) is 2. The van der Waals surface area contributed by atoms with Crippen LogP contribution in [0.1, 0.15) is 58.8 Å². The molecule has 1 aromatic heterocycles. The highest BCUT2D eigenvalue weighted by Crippen LogP contribution is 2.18. The van der Waals surface area contributed by atoms with Crippen LogP contribution in [0.2, 0.25) is 0 Å². The standard InChI is InChI=1S/C21H33N3O/c1-3-5-11-18(4-2)16-25-15-10-6-9-14-22-21-19-12-7-8-13-20(19)23-17-24-21/h7-8,12-13,17-18H,3-6,9-11,14-16H2,1-2H3,(H,22,23,24). The van der Waals surface area contributed by atoms with Gasteiger partial charge in [-0.2, -0.15) is 0 Å². The number of anilines is 1. The highest BCUT2D eigenvalue weighted by Gasteiger charge is 2.05. The largest absolute Gasteiger partial charge is 0.381 e. The highest BCUT2D eigenvalue weighted by atomic mass is 16.5. The van der Waals surface area contributed by atoms with E-state index in [1.165, 1.54) is 32.1 Å². The van der Waals surface area contributed by atoms with Crippen LogP contribution in [0.5, 0.6) is 0 Å². The second-order valence-corrected chi connectivity index (χ2v) is 6.72. The van der Waals surface area contributed by atoms with E-state index in [0.29, 0.717) is 0 Å². The van der Waals surface area contributed by atoms with Gasteiger partial charge in [0.05, 0.1) is 5.52 Å². The molecule has 0 bridgehead atoms. The smallest absolute Gasteiger partial charge is 0.137 e. The molecule has 0 radical (unpaired) electrons. The number of unbranched alkanes of at least 4 members (excludes halogenated alkanes) is 3. The number of aromatic nitrogens is 2. The van der Waals surface area contributed by atoms with E-state index < -0.39 is 0 Å². The molecule has 1 heterocycles. The molecule has 0 saturated heterocycles. The fraction of sp³-hybridized carbons (Fsp3) is 0.619. The van der Waals surface area contributed by atoms with Gasteiger partial charge in [-0.3, -0.25) is 0 Å². The summed E-state index contributed by atoms with van der Waals surface area (Å²) < 4.78 is 5.87. The molecule has 2 rings (SSSR count). The fourth-order valence-corrected chi connectivity index (χ4v) is 3.01. The molecular weight excluding hydrogens is 310 g/mol. The fourth-order valence-electron chi connectivity index (χ4n) is 3.01. The number of fused-ring (bicyclic) bond motifs is 1. The van der Waals surface area contributed by atoms with Gasteiger partial charge in [0.15, 0.2) is 0 Å². The number of ether oxygens (including phenoxy) is 1. The Labute approximate surface area is 152 Å². The van der Waals surface area contributed by atoms with Gasteiger partial charge in [-0.05, 0) is 43.7 Å². The molecule has 0 amide bonds. The number of hydrogen-bond donors (Lipinski definition) is 1. The summed E-state index contributed by atoms with van der Waals surface area (Å²) >= 11 is 0. The van der Waals surface area contributed by atoms with Gasteiger partial charge in [-0.15, -0.1) is 0 Å². The molecule has 1 N–H and O–H groups in total. The van der Waals surface area contributed by atoms with Crippen LogP contribution in [0, 0.1) is 5.92 Å². The molecule has 25 heavy (non-hydrogen) atoms. The van der Waals surface area contributed by atoms with Crippen molar-refractivity contribution < 1.29 is 4.74 Å². The first-order chi connectivity index (χ1) is 12.3. The van der Waals surface area contributed by atoms with E-state index in [4.69, 9.17) is 4.74 Å². The monoisotopic (exact) mass is 343 g/mol. The number of benzene rings is 1. The van der Waals surface area contributed by atoms with Crippen molar-refractivity contribution in [1.29, 1.82) is 0 Å². The van der Waals surface area contributed by atoms with Crippen LogP contribution >= 0.6 is 0 Å². The van der Waals surface area contributed by atoms with Crippen LogP contribution in [0.25, 0.3) is 10.9 Å². The number of hydrogen-bond acceptors (Lipinski definition) is 4. The third-order valence-electron chi connectivity index (χ3n) is 4.70. The minimum absolute atomic E-state index is 0.743. The summed E-state index contributed by atoms with van der Waals surface area (Å²) in [6.07, 6.45) is 10.2. The normalized spacial score (nSPS) is 12.4. The van der Waals surface area contributed by atoms with Crippen LogP contribution in [0.15, 0.2) is 30.6 Å². The van der Waals surface area contributed by atoms with Crippen LogP contribution in [0.3, 0.4) is 0 Å². The molecule has 1 unspecified atom stereocenters. The second kappa shape index (κ2) is 11.8. The molecule has 0 aliphatic rings. The minimum Gasteiger partial charge on any atom is -0.381 e. The Morgan fingerprint density at radius 1 is 1.04 bits per heavy atom. The number of nitrogens with one attached hydrogen (secondary N) is 1. The van der Waals surface area contributed by atoms with E-state index in [1.54, 1.807) is 6.33 Å². The van der Waals surface area contributed by atoms with Crippen molar-refractivity contribution in [3.8, 4) is 0 Å². The summed E-state index contributed by atoms with van der Waals surface area (Å²) in [5.41, 5.74) is 0.988. The molecule has 4 heteroatoms. The molecule has 0 saturated carbocycles. The summed E-state index contributed by atoms with van der Waals surface area (Å²) in [7, 11) is 0. The molecule has 1 atom stereocenters. The first-order valence-electron chi connectivity index (χ1n) is 9.86. The molecule has 4 nitrogen and oxygen atoms in total. The molecule has 0 aliphatic heterocycles. The van der Waals surface area contributed by atoms with E-state index in [9.17, 15) is 0 Å². The maximum atomic E-state index is 5.87. The predicted octanol–water partition coefficient (Wildman–Crippen LogP) is 5.45. The Morgan fingerprint density at radius 2 is 1.92 bits per heavy atom. The molecule has 0 spiro atoms. The van der Waals surface area contributed by atoms with E-state index in [1.807, 2.05) is 18.2 Å². The van der Waals surface area contributed by atoms with Crippen molar-refractivity contribution in [2.75, 3.05) is 25.1 Å². The molecular formula is C21H33N3O. The van der Waals surface area contributed by atoms with Crippen molar-refractivity contribution in [1.82, 2.24) is 9.97 Å².